The Morgan fingerprint density at radius 2 is 2.38 bits per heavy atom. The third-order valence-electron chi connectivity index (χ3n) is 3.28. The Morgan fingerprint density at radius 1 is 1.56 bits per heavy atom. The summed E-state index contributed by atoms with van der Waals surface area (Å²) in [5.74, 6) is 0.863. The third kappa shape index (κ3) is 2.49. The van der Waals surface area contributed by atoms with Gasteiger partial charge in [0.1, 0.15) is 6.04 Å². The first kappa shape index (κ1) is 11.7. The molecule has 0 aromatic heterocycles. The Balaban J connectivity index is 1.84. The van der Waals surface area contributed by atoms with E-state index in [1.54, 1.807) is 0 Å². The van der Waals surface area contributed by atoms with Gasteiger partial charge < -0.3 is 16.4 Å². The molecule has 4 N–H and O–H groups in total. The van der Waals surface area contributed by atoms with Crippen LogP contribution in [-0.4, -0.2) is 35.5 Å². The predicted molar refractivity (Wildman–Crippen MR) is 63.1 cm³/mol. The van der Waals surface area contributed by atoms with Gasteiger partial charge in [-0.15, -0.1) is 0 Å². The van der Waals surface area contributed by atoms with E-state index < -0.39 is 0 Å². The summed E-state index contributed by atoms with van der Waals surface area (Å²) in [7, 11) is 0. The van der Waals surface area contributed by atoms with E-state index in [1.165, 1.54) is 0 Å². The summed E-state index contributed by atoms with van der Waals surface area (Å²) in [5, 5.41) is 5.53. The molecule has 0 aromatic carbocycles. The number of rotatable bonds is 3. The smallest absolute Gasteiger partial charge is 0.279 e. The van der Waals surface area contributed by atoms with Crippen molar-refractivity contribution in [3.63, 3.8) is 0 Å². The molecule has 90 valence electrons. The van der Waals surface area contributed by atoms with Gasteiger partial charge in [-0.2, -0.15) is 0 Å². The monoisotopic (exact) mass is 243 g/mol. The Hall–Kier alpha value is -0.750. The molecule has 0 radical (unpaired) electrons. The maximum atomic E-state index is 11.8. The van der Waals surface area contributed by atoms with E-state index in [4.69, 9.17) is 5.73 Å². The van der Waals surface area contributed by atoms with Crippen molar-refractivity contribution in [3.05, 3.63) is 0 Å². The Morgan fingerprint density at radius 3 is 3.00 bits per heavy atom. The standard InChI is InChI=1S/C10H17N3O2S/c11-4-6-2-1-3-7(6)12-9(14)8-5-16-10(15)13-8/h6-8H,1-5,11H2,(H,12,14)(H,13,15)/t6?,7?,8-/m0/s1. The summed E-state index contributed by atoms with van der Waals surface area (Å²) in [6.45, 7) is 0.622. The number of hydrogen-bond acceptors (Lipinski definition) is 4. The molecule has 2 fully saturated rings. The van der Waals surface area contributed by atoms with Crippen molar-refractivity contribution in [3.8, 4) is 0 Å². The van der Waals surface area contributed by atoms with Gasteiger partial charge in [-0.1, -0.05) is 18.2 Å². The second-order valence-electron chi connectivity index (χ2n) is 4.34. The van der Waals surface area contributed by atoms with Crippen molar-refractivity contribution in [2.45, 2.75) is 31.3 Å². The summed E-state index contributed by atoms with van der Waals surface area (Å²) in [6.07, 6.45) is 3.22. The van der Waals surface area contributed by atoms with Crippen molar-refractivity contribution < 1.29 is 9.59 Å². The number of carbonyl (C=O) groups is 2. The van der Waals surface area contributed by atoms with Crippen LogP contribution in [0.1, 0.15) is 19.3 Å². The molecule has 1 saturated heterocycles. The summed E-state index contributed by atoms with van der Waals surface area (Å²) >= 11 is 1.16. The highest BCUT2D eigenvalue weighted by Crippen LogP contribution is 2.25. The Labute approximate surface area is 98.9 Å². The van der Waals surface area contributed by atoms with Crippen LogP contribution in [-0.2, 0) is 4.79 Å². The van der Waals surface area contributed by atoms with E-state index in [-0.39, 0.29) is 23.2 Å². The number of nitrogens with one attached hydrogen (secondary N) is 2. The molecule has 3 atom stereocenters. The van der Waals surface area contributed by atoms with Gasteiger partial charge in [-0.3, -0.25) is 9.59 Å². The topological polar surface area (TPSA) is 84.2 Å². The van der Waals surface area contributed by atoms with Crippen molar-refractivity contribution in [1.29, 1.82) is 0 Å². The molecule has 2 unspecified atom stereocenters. The minimum Gasteiger partial charge on any atom is -0.351 e. The summed E-state index contributed by atoms with van der Waals surface area (Å²) in [6, 6.07) is -0.170. The Kier molecular flexibility index (Phi) is 3.70. The maximum absolute atomic E-state index is 11.8. The molecule has 5 nitrogen and oxygen atoms in total. The second-order valence-corrected chi connectivity index (χ2v) is 5.33. The van der Waals surface area contributed by atoms with Crippen molar-refractivity contribution >= 4 is 22.9 Å². The van der Waals surface area contributed by atoms with Crippen molar-refractivity contribution in [2.24, 2.45) is 11.7 Å². The van der Waals surface area contributed by atoms with Crippen molar-refractivity contribution in [1.82, 2.24) is 10.6 Å². The van der Waals surface area contributed by atoms with E-state index in [9.17, 15) is 9.59 Å². The van der Waals surface area contributed by atoms with Crippen LogP contribution in [0.2, 0.25) is 0 Å². The van der Waals surface area contributed by atoms with Crippen LogP contribution < -0.4 is 16.4 Å². The minimum absolute atomic E-state index is 0.0660. The van der Waals surface area contributed by atoms with Crippen LogP contribution >= 0.6 is 11.8 Å². The van der Waals surface area contributed by atoms with Gasteiger partial charge in [-0.05, 0) is 25.3 Å². The van der Waals surface area contributed by atoms with E-state index in [0.717, 1.165) is 31.0 Å². The lowest BCUT2D eigenvalue weighted by molar-refractivity contribution is -0.123. The largest absolute Gasteiger partial charge is 0.351 e. The van der Waals surface area contributed by atoms with E-state index in [0.29, 0.717) is 18.2 Å². The zero-order valence-electron chi connectivity index (χ0n) is 9.07. The molecular weight excluding hydrogens is 226 g/mol. The molecule has 2 amide bonds. The van der Waals surface area contributed by atoms with Crippen molar-refractivity contribution in [2.75, 3.05) is 12.3 Å². The average Bonchev–Trinajstić information content (AvgIpc) is 2.86. The Bertz CT molecular complexity index is 298. The molecule has 16 heavy (non-hydrogen) atoms. The summed E-state index contributed by atoms with van der Waals surface area (Å²) in [5.41, 5.74) is 5.65. The highest BCUT2D eigenvalue weighted by atomic mass is 32.2. The fraction of sp³-hybridized carbons (Fsp3) is 0.800. The van der Waals surface area contributed by atoms with Gasteiger partial charge >= 0.3 is 0 Å². The van der Waals surface area contributed by atoms with E-state index in [2.05, 4.69) is 10.6 Å². The quantitative estimate of drug-likeness (QED) is 0.654. The highest BCUT2D eigenvalue weighted by Gasteiger charge is 2.32. The number of carbonyl (C=O) groups excluding carboxylic acids is 2. The van der Waals surface area contributed by atoms with Crippen LogP contribution in [0.5, 0.6) is 0 Å². The normalized spacial score (nSPS) is 33.8. The molecule has 0 bridgehead atoms. The van der Waals surface area contributed by atoms with Gasteiger partial charge in [0, 0.05) is 11.8 Å². The first-order valence-electron chi connectivity index (χ1n) is 5.64. The SMILES string of the molecule is NCC1CCCC1NC(=O)[C@@H]1CSC(=O)N1. The number of hydrogen-bond donors (Lipinski definition) is 3. The fourth-order valence-electron chi connectivity index (χ4n) is 2.32. The first-order chi connectivity index (χ1) is 7.70. The lowest BCUT2D eigenvalue weighted by Crippen LogP contribution is -2.48. The molecule has 1 aliphatic carbocycles. The van der Waals surface area contributed by atoms with Gasteiger partial charge in [0.05, 0.1) is 0 Å². The fourth-order valence-corrected chi connectivity index (χ4v) is 3.10. The van der Waals surface area contributed by atoms with Gasteiger partial charge in [0.15, 0.2) is 0 Å². The van der Waals surface area contributed by atoms with Gasteiger partial charge in [-0.25, -0.2) is 0 Å². The zero-order chi connectivity index (χ0) is 11.5. The highest BCUT2D eigenvalue weighted by molar-refractivity contribution is 8.14. The maximum Gasteiger partial charge on any atom is 0.279 e. The van der Waals surface area contributed by atoms with Crippen LogP contribution in [0, 0.1) is 5.92 Å². The first-order valence-corrected chi connectivity index (χ1v) is 6.63. The van der Waals surface area contributed by atoms with Crippen LogP contribution in [0.3, 0.4) is 0 Å². The predicted octanol–water partition coefficient (Wildman–Crippen LogP) is 0.0550. The van der Waals surface area contributed by atoms with Crippen LogP contribution in [0.4, 0.5) is 4.79 Å². The molecule has 1 saturated carbocycles. The molecule has 1 heterocycles. The molecule has 2 aliphatic rings. The average molecular weight is 243 g/mol. The van der Waals surface area contributed by atoms with Gasteiger partial charge in [0.2, 0.25) is 5.91 Å². The van der Waals surface area contributed by atoms with Crippen LogP contribution in [0.15, 0.2) is 0 Å². The number of nitrogens with two attached hydrogens (primary N) is 1. The third-order valence-corrected chi connectivity index (χ3v) is 4.16. The number of amides is 2. The van der Waals surface area contributed by atoms with E-state index >= 15 is 0 Å². The molecule has 2 rings (SSSR count). The molecule has 0 aromatic rings. The lowest BCUT2D eigenvalue weighted by atomic mass is 10.0. The second kappa shape index (κ2) is 5.05. The zero-order valence-corrected chi connectivity index (χ0v) is 9.89. The molecular formula is C10H17N3O2S. The molecule has 6 heteroatoms. The van der Waals surface area contributed by atoms with Gasteiger partial charge in [0.25, 0.3) is 5.24 Å². The van der Waals surface area contributed by atoms with E-state index in [1.807, 2.05) is 0 Å². The summed E-state index contributed by atoms with van der Waals surface area (Å²) in [4.78, 5) is 22.8. The van der Waals surface area contributed by atoms with Crippen LogP contribution in [0.25, 0.3) is 0 Å². The molecule has 0 spiro atoms. The molecule has 1 aliphatic heterocycles. The minimum atomic E-state index is -0.364. The summed E-state index contributed by atoms with van der Waals surface area (Å²) < 4.78 is 0. The number of thioether (sulfide) groups is 1. The lowest BCUT2D eigenvalue weighted by Gasteiger charge is -2.21.